The van der Waals surface area contributed by atoms with Gasteiger partial charge in [0.05, 0.1) is 18.6 Å². The van der Waals surface area contributed by atoms with Crippen molar-refractivity contribution in [2.24, 2.45) is 0 Å². The number of hydrogen-bond acceptors (Lipinski definition) is 4. The molecule has 6 nitrogen and oxygen atoms in total. The number of anilines is 2. The van der Waals surface area contributed by atoms with Crippen molar-refractivity contribution in [3.63, 3.8) is 0 Å². The number of nitrogens with one attached hydrogen (secondary N) is 1. The highest BCUT2D eigenvalue weighted by Crippen LogP contribution is 2.25. The van der Waals surface area contributed by atoms with Crippen LogP contribution in [-0.2, 0) is 21.2 Å². The van der Waals surface area contributed by atoms with Crippen molar-refractivity contribution in [1.29, 1.82) is 0 Å². The molecule has 0 aliphatic rings. The fourth-order valence-electron chi connectivity index (χ4n) is 2.85. The molecule has 2 aromatic rings. The van der Waals surface area contributed by atoms with Gasteiger partial charge in [0, 0.05) is 5.69 Å². The lowest BCUT2D eigenvalue weighted by atomic mass is 10.1. The third-order valence-electron chi connectivity index (χ3n) is 4.15. The molecule has 0 bridgehead atoms. The van der Waals surface area contributed by atoms with Crippen molar-refractivity contribution in [3.8, 4) is 5.75 Å². The van der Waals surface area contributed by atoms with Crippen molar-refractivity contribution in [2.75, 3.05) is 22.5 Å². The molecule has 27 heavy (non-hydrogen) atoms. The van der Waals surface area contributed by atoms with Crippen molar-refractivity contribution in [2.45, 2.75) is 33.2 Å². The number of carbonyl (C=O) groups excluding carboxylic acids is 1. The Morgan fingerprint density at radius 2 is 1.74 bits per heavy atom. The van der Waals surface area contributed by atoms with E-state index in [1.807, 2.05) is 38.1 Å². The SMILES string of the molecule is CCOc1ccc(N(C(C)C(=O)Nc2ccccc2CC)S(C)(=O)=O)cc1. The normalized spacial score (nSPS) is 12.3. The average molecular weight is 391 g/mol. The van der Waals surface area contributed by atoms with Crippen molar-refractivity contribution in [3.05, 3.63) is 54.1 Å². The van der Waals surface area contributed by atoms with E-state index < -0.39 is 22.0 Å². The number of nitrogens with zero attached hydrogens (tertiary/aromatic N) is 1. The number of para-hydroxylation sites is 1. The molecule has 0 aromatic heterocycles. The van der Waals surface area contributed by atoms with E-state index >= 15 is 0 Å². The summed E-state index contributed by atoms with van der Waals surface area (Å²) < 4.78 is 31.3. The van der Waals surface area contributed by atoms with Gasteiger partial charge in [-0.15, -0.1) is 0 Å². The van der Waals surface area contributed by atoms with Crippen molar-refractivity contribution in [1.82, 2.24) is 0 Å². The Hall–Kier alpha value is -2.54. The fourth-order valence-corrected chi connectivity index (χ4v) is 4.03. The van der Waals surface area contributed by atoms with Crippen LogP contribution in [-0.4, -0.2) is 33.2 Å². The monoisotopic (exact) mass is 390 g/mol. The van der Waals surface area contributed by atoms with Gasteiger partial charge in [0.25, 0.3) is 0 Å². The number of amides is 1. The number of benzene rings is 2. The zero-order valence-corrected chi connectivity index (χ0v) is 16.9. The Morgan fingerprint density at radius 3 is 2.30 bits per heavy atom. The van der Waals surface area contributed by atoms with E-state index in [0.29, 0.717) is 23.7 Å². The molecule has 146 valence electrons. The molecule has 2 rings (SSSR count). The molecule has 1 N–H and O–H groups in total. The van der Waals surface area contributed by atoms with Crippen LogP contribution in [0.1, 0.15) is 26.3 Å². The zero-order chi connectivity index (χ0) is 20.0. The van der Waals surface area contributed by atoms with Crippen LogP contribution in [0.5, 0.6) is 5.75 Å². The maximum atomic E-state index is 12.8. The molecule has 0 aliphatic heterocycles. The van der Waals surface area contributed by atoms with Gasteiger partial charge in [0.2, 0.25) is 15.9 Å². The van der Waals surface area contributed by atoms with Gasteiger partial charge in [-0.2, -0.15) is 0 Å². The van der Waals surface area contributed by atoms with Crippen molar-refractivity contribution < 1.29 is 17.9 Å². The van der Waals surface area contributed by atoms with Gasteiger partial charge < -0.3 is 10.1 Å². The summed E-state index contributed by atoms with van der Waals surface area (Å²) in [5.74, 6) is 0.249. The second kappa shape index (κ2) is 8.90. The quantitative estimate of drug-likeness (QED) is 0.749. The first kappa shape index (κ1) is 20.8. The Morgan fingerprint density at radius 1 is 1.11 bits per heavy atom. The summed E-state index contributed by atoms with van der Waals surface area (Å²) in [6, 6.07) is 13.2. The summed E-state index contributed by atoms with van der Waals surface area (Å²) in [5, 5.41) is 2.85. The highest BCUT2D eigenvalue weighted by atomic mass is 32.2. The van der Waals surface area contributed by atoms with E-state index in [1.165, 1.54) is 0 Å². The lowest BCUT2D eigenvalue weighted by Gasteiger charge is -2.28. The molecule has 0 fully saturated rings. The van der Waals surface area contributed by atoms with E-state index in [2.05, 4.69) is 5.32 Å². The second-order valence-electron chi connectivity index (χ2n) is 6.16. The Kier molecular flexibility index (Phi) is 6.85. The highest BCUT2D eigenvalue weighted by Gasteiger charge is 2.29. The molecule has 0 spiro atoms. The van der Waals surface area contributed by atoms with Crippen LogP contribution in [0, 0.1) is 0 Å². The molecule has 2 aromatic carbocycles. The molecule has 0 saturated heterocycles. The Bertz CT molecular complexity index is 879. The molecule has 1 unspecified atom stereocenters. The van der Waals surface area contributed by atoms with Gasteiger partial charge in [0.1, 0.15) is 11.8 Å². The number of rotatable bonds is 8. The first-order chi connectivity index (χ1) is 12.8. The first-order valence-electron chi connectivity index (χ1n) is 8.89. The third kappa shape index (κ3) is 5.23. The minimum absolute atomic E-state index is 0.393. The van der Waals surface area contributed by atoms with E-state index in [-0.39, 0.29) is 0 Å². The Labute approximate surface area is 161 Å². The number of aryl methyl sites for hydroxylation is 1. The topological polar surface area (TPSA) is 75.7 Å². The van der Waals surface area contributed by atoms with Gasteiger partial charge in [-0.1, -0.05) is 25.1 Å². The van der Waals surface area contributed by atoms with Gasteiger partial charge in [-0.25, -0.2) is 8.42 Å². The molecular formula is C20H26N2O4S. The number of ether oxygens (including phenoxy) is 1. The summed E-state index contributed by atoms with van der Waals surface area (Å²) >= 11 is 0. The van der Waals surface area contributed by atoms with Gasteiger partial charge in [-0.05, 0) is 56.2 Å². The van der Waals surface area contributed by atoms with Crippen LogP contribution >= 0.6 is 0 Å². The molecule has 7 heteroatoms. The summed E-state index contributed by atoms with van der Waals surface area (Å²) in [4.78, 5) is 12.8. The van der Waals surface area contributed by atoms with Crippen LogP contribution in [0.3, 0.4) is 0 Å². The van der Waals surface area contributed by atoms with Crippen LogP contribution in [0.25, 0.3) is 0 Å². The minimum Gasteiger partial charge on any atom is -0.494 e. The Balaban J connectivity index is 2.29. The number of hydrogen-bond donors (Lipinski definition) is 1. The van der Waals surface area contributed by atoms with E-state index in [0.717, 1.165) is 22.5 Å². The summed E-state index contributed by atoms with van der Waals surface area (Å²) in [6.45, 7) is 5.96. The minimum atomic E-state index is -3.66. The standard InChI is InChI=1S/C20H26N2O4S/c1-5-16-9-7-8-10-19(16)21-20(23)15(3)22(27(4,24)25)17-11-13-18(14-12-17)26-6-2/h7-15H,5-6H2,1-4H3,(H,21,23). The van der Waals surface area contributed by atoms with Crippen molar-refractivity contribution >= 4 is 27.3 Å². The number of carbonyl (C=O) groups is 1. The van der Waals surface area contributed by atoms with E-state index in [4.69, 9.17) is 4.74 Å². The predicted octanol–water partition coefficient (Wildman–Crippen LogP) is 3.44. The maximum absolute atomic E-state index is 12.8. The van der Waals surface area contributed by atoms with Gasteiger partial charge in [0.15, 0.2) is 0 Å². The smallest absolute Gasteiger partial charge is 0.248 e. The van der Waals surface area contributed by atoms with Gasteiger partial charge >= 0.3 is 0 Å². The predicted molar refractivity (Wildman–Crippen MR) is 109 cm³/mol. The average Bonchev–Trinajstić information content (AvgIpc) is 2.62. The highest BCUT2D eigenvalue weighted by molar-refractivity contribution is 7.92. The molecule has 0 heterocycles. The summed E-state index contributed by atoms with van der Waals surface area (Å²) in [7, 11) is -3.66. The lowest BCUT2D eigenvalue weighted by molar-refractivity contribution is -0.116. The van der Waals surface area contributed by atoms with Crippen LogP contribution < -0.4 is 14.4 Å². The van der Waals surface area contributed by atoms with E-state index in [1.54, 1.807) is 31.2 Å². The fraction of sp³-hybridized carbons (Fsp3) is 0.350. The summed E-state index contributed by atoms with van der Waals surface area (Å²) in [5.41, 5.74) is 2.09. The first-order valence-corrected chi connectivity index (χ1v) is 10.7. The second-order valence-corrected chi connectivity index (χ2v) is 8.02. The van der Waals surface area contributed by atoms with E-state index in [9.17, 15) is 13.2 Å². The maximum Gasteiger partial charge on any atom is 0.248 e. The largest absolute Gasteiger partial charge is 0.494 e. The van der Waals surface area contributed by atoms with Crippen LogP contribution in [0.2, 0.25) is 0 Å². The third-order valence-corrected chi connectivity index (χ3v) is 5.39. The van der Waals surface area contributed by atoms with Crippen LogP contribution in [0.4, 0.5) is 11.4 Å². The number of sulfonamides is 1. The molecule has 0 aliphatic carbocycles. The van der Waals surface area contributed by atoms with Gasteiger partial charge in [-0.3, -0.25) is 9.10 Å². The molecule has 1 amide bonds. The summed E-state index contributed by atoms with van der Waals surface area (Å²) in [6.07, 6.45) is 1.85. The molecular weight excluding hydrogens is 364 g/mol. The zero-order valence-electron chi connectivity index (χ0n) is 16.1. The molecule has 1 atom stereocenters. The lowest BCUT2D eigenvalue weighted by Crippen LogP contribution is -2.45. The molecule has 0 saturated carbocycles. The van der Waals surface area contributed by atoms with Crippen LogP contribution in [0.15, 0.2) is 48.5 Å². The molecule has 0 radical (unpaired) electrons.